The molecule has 0 unspecified atom stereocenters. The number of nitrogens with one attached hydrogen (secondary N) is 1. The molecule has 1 aliphatic carbocycles. The van der Waals surface area contributed by atoms with E-state index in [0.717, 1.165) is 35.6 Å². The Morgan fingerprint density at radius 2 is 2.17 bits per heavy atom. The molecular weight excluding hydrogens is 524 g/mol. The van der Waals surface area contributed by atoms with Crippen molar-refractivity contribution in [1.82, 2.24) is 15.2 Å². The minimum absolute atomic E-state index is 0.102. The maximum atomic E-state index is 13.1. The van der Waals surface area contributed by atoms with Gasteiger partial charge in [0.1, 0.15) is 24.2 Å². The molecule has 2 atom stereocenters. The molecular formula is C22H24N6O5S3. The Morgan fingerprint density at radius 1 is 1.39 bits per heavy atom. The van der Waals surface area contributed by atoms with Crippen LogP contribution in [0.3, 0.4) is 0 Å². The van der Waals surface area contributed by atoms with Crippen LogP contribution in [0.1, 0.15) is 34.1 Å². The van der Waals surface area contributed by atoms with Crippen molar-refractivity contribution in [3.8, 4) is 0 Å². The predicted octanol–water partition coefficient (Wildman–Crippen LogP) is -0.284. The van der Waals surface area contributed by atoms with Gasteiger partial charge < -0.3 is 25.8 Å². The second-order valence-electron chi connectivity index (χ2n) is 8.58. The number of anilines is 1. The van der Waals surface area contributed by atoms with Crippen LogP contribution in [0.4, 0.5) is 5.13 Å². The quantitative estimate of drug-likeness (QED) is 0.207. The average Bonchev–Trinajstić information content (AvgIpc) is 3.42. The molecule has 2 aliphatic heterocycles. The molecule has 2 aromatic rings. The number of nitrogens with zero attached hydrogens (tertiary/aromatic N) is 4. The second kappa shape index (κ2) is 9.82. The predicted molar refractivity (Wildman–Crippen MR) is 133 cm³/mol. The van der Waals surface area contributed by atoms with Gasteiger partial charge in [-0.25, -0.2) is 4.98 Å². The molecule has 0 saturated carbocycles. The number of hydrogen-bond acceptors (Lipinski definition) is 11. The summed E-state index contributed by atoms with van der Waals surface area (Å²) >= 11 is 4.31. The van der Waals surface area contributed by atoms with Crippen LogP contribution in [-0.4, -0.2) is 57.7 Å². The molecule has 5 rings (SSSR count). The summed E-state index contributed by atoms with van der Waals surface area (Å²) in [5.74, 6) is -2.17. The molecule has 36 heavy (non-hydrogen) atoms. The van der Waals surface area contributed by atoms with Crippen LogP contribution in [0.25, 0.3) is 0 Å². The van der Waals surface area contributed by atoms with Crippen molar-refractivity contribution < 1.29 is 28.9 Å². The summed E-state index contributed by atoms with van der Waals surface area (Å²) in [6, 6.07) is -0.917. The fourth-order valence-corrected chi connectivity index (χ4v) is 7.87. The minimum Gasteiger partial charge on any atom is -0.543 e. The lowest BCUT2D eigenvalue weighted by Crippen LogP contribution is -2.71. The Balaban J connectivity index is 1.37. The van der Waals surface area contributed by atoms with Crippen LogP contribution in [0, 0.1) is 6.92 Å². The van der Waals surface area contributed by atoms with Gasteiger partial charge in [-0.05, 0) is 19.3 Å². The lowest BCUT2D eigenvalue weighted by Gasteiger charge is -2.50. The van der Waals surface area contributed by atoms with Gasteiger partial charge in [-0.3, -0.25) is 14.5 Å². The minimum atomic E-state index is -1.39. The number of β-lactam (4-membered cyclic amide) rings is 1. The summed E-state index contributed by atoms with van der Waals surface area (Å²) in [4.78, 5) is 49.6. The first-order valence-electron chi connectivity index (χ1n) is 11.3. The van der Waals surface area contributed by atoms with Crippen molar-refractivity contribution in [2.24, 2.45) is 5.16 Å². The molecule has 2 amide bonds. The molecule has 0 bridgehead atoms. The maximum absolute atomic E-state index is 13.1. The van der Waals surface area contributed by atoms with Crippen molar-refractivity contribution in [2.45, 2.75) is 50.6 Å². The summed E-state index contributed by atoms with van der Waals surface area (Å²) in [6.07, 6.45) is 4.29. The van der Waals surface area contributed by atoms with Crippen molar-refractivity contribution in [2.75, 3.05) is 18.6 Å². The van der Waals surface area contributed by atoms with Gasteiger partial charge in [0.2, 0.25) is 5.01 Å². The number of carboxylic acids is 1. The molecule has 1 saturated heterocycles. The second-order valence-corrected chi connectivity index (χ2v) is 11.9. The number of hydrogen-bond donors (Lipinski definition) is 2. The van der Waals surface area contributed by atoms with E-state index >= 15 is 0 Å². The number of aliphatic carboxylic acids is 1. The van der Waals surface area contributed by atoms with Crippen molar-refractivity contribution in [3.05, 3.63) is 37.9 Å². The molecule has 0 radical (unpaired) electrons. The zero-order valence-electron chi connectivity index (χ0n) is 19.6. The molecule has 4 heterocycles. The van der Waals surface area contributed by atoms with Gasteiger partial charge in [0.15, 0.2) is 23.1 Å². The van der Waals surface area contributed by atoms with E-state index in [9.17, 15) is 19.5 Å². The lowest BCUT2D eigenvalue weighted by molar-refractivity contribution is -0.697. The highest BCUT2D eigenvalue weighted by Gasteiger charge is 2.53. The Kier molecular flexibility index (Phi) is 6.74. The largest absolute Gasteiger partial charge is 0.543 e. The monoisotopic (exact) mass is 548 g/mol. The van der Waals surface area contributed by atoms with E-state index in [-0.39, 0.29) is 22.2 Å². The third-order valence-corrected chi connectivity index (χ3v) is 9.62. The first kappa shape index (κ1) is 24.7. The van der Waals surface area contributed by atoms with Crippen LogP contribution in [0.15, 0.2) is 21.8 Å². The Labute approximate surface area is 219 Å². The number of nitrogens with two attached hydrogens (primary N) is 1. The van der Waals surface area contributed by atoms with E-state index in [4.69, 9.17) is 10.6 Å². The number of carbonyl (C=O) groups is 3. The SMILES string of the molecule is CO/N=C(\C(=O)N[C@@H]1C(=O)N2C(C(=O)[O-])=C(C[n+]3c(C)sc4c3CCCC4)CS[C@H]12)c1csc(N)n1. The maximum Gasteiger partial charge on any atom is 0.276 e. The molecule has 0 spiro atoms. The number of thioether (sulfide) groups is 1. The summed E-state index contributed by atoms with van der Waals surface area (Å²) < 4.78 is 2.18. The molecule has 14 heteroatoms. The number of rotatable bonds is 7. The highest BCUT2D eigenvalue weighted by atomic mass is 32.2. The Morgan fingerprint density at radius 3 is 2.86 bits per heavy atom. The molecule has 0 aromatic carbocycles. The van der Waals surface area contributed by atoms with Gasteiger partial charge in [-0.15, -0.1) is 23.1 Å². The highest BCUT2D eigenvalue weighted by molar-refractivity contribution is 8.00. The number of thiazole rings is 2. The van der Waals surface area contributed by atoms with Gasteiger partial charge in [-0.1, -0.05) is 16.5 Å². The average molecular weight is 549 g/mol. The highest BCUT2D eigenvalue weighted by Crippen LogP contribution is 2.40. The number of carbonyl (C=O) groups excluding carboxylic acids is 3. The number of amides is 2. The molecule has 1 fully saturated rings. The van der Waals surface area contributed by atoms with Gasteiger partial charge >= 0.3 is 0 Å². The van der Waals surface area contributed by atoms with Crippen LogP contribution in [0.5, 0.6) is 0 Å². The summed E-state index contributed by atoms with van der Waals surface area (Å²) in [6.45, 7) is 2.44. The fourth-order valence-electron chi connectivity index (χ4n) is 4.77. The molecule has 190 valence electrons. The van der Waals surface area contributed by atoms with Gasteiger partial charge in [-0.2, -0.15) is 4.57 Å². The third-order valence-electron chi connectivity index (χ3n) is 6.40. The smallest absolute Gasteiger partial charge is 0.276 e. The Hall–Kier alpha value is -2.97. The number of aryl methyl sites for hydroxylation is 2. The van der Waals surface area contributed by atoms with Crippen LogP contribution in [0.2, 0.25) is 0 Å². The first-order chi connectivity index (χ1) is 17.3. The van der Waals surface area contributed by atoms with Crippen molar-refractivity contribution >= 4 is 63.1 Å². The zero-order valence-corrected chi connectivity index (χ0v) is 22.1. The van der Waals surface area contributed by atoms with E-state index in [1.165, 1.54) is 40.8 Å². The van der Waals surface area contributed by atoms with E-state index in [1.54, 1.807) is 16.7 Å². The van der Waals surface area contributed by atoms with Crippen molar-refractivity contribution in [1.29, 1.82) is 0 Å². The van der Waals surface area contributed by atoms with Crippen LogP contribution in [-0.2, 0) is 38.6 Å². The van der Waals surface area contributed by atoms with E-state index in [2.05, 4.69) is 20.0 Å². The van der Waals surface area contributed by atoms with Crippen LogP contribution < -0.4 is 20.7 Å². The normalized spacial score (nSPS) is 21.6. The van der Waals surface area contributed by atoms with Gasteiger partial charge in [0.05, 0.1) is 16.5 Å². The molecule has 11 nitrogen and oxygen atoms in total. The number of nitrogen functional groups attached to an aromatic ring is 1. The topological polar surface area (TPSA) is 154 Å². The van der Waals surface area contributed by atoms with E-state index < -0.39 is 29.2 Å². The van der Waals surface area contributed by atoms with Gasteiger partial charge in [0, 0.05) is 30.1 Å². The third kappa shape index (κ3) is 4.26. The fraction of sp³-hybridized carbons (Fsp3) is 0.455. The van der Waals surface area contributed by atoms with Crippen molar-refractivity contribution in [3.63, 3.8) is 0 Å². The van der Waals surface area contributed by atoms with Gasteiger partial charge in [0.25, 0.3) is 11.8 Å². The summed E-state index contributed by atoms with van der Waals surface area (Å²) in [5.41, 5.74) is 7.55. The molecule has 3 aliphatic rings. The van der Waals surface area contributed by atoms with Crippen LogP contribution >= 0.6 is 34.4 Å². The molecule has 3 N–H and O–H groups in total. The summed E-state index contributed by atoms with van der Waals surface area (Å²) in [7, 11) is 1.29. The first-order valence-corrected chi connectivity index (χ1v) is 14.1. The number of aromatic nitrogens is 2. The number of fused-ring (bicyclic) bond motifs is 2. The van der Waals surface area contributed by atoms with E-state index in [0.29, 0.717) is 17.9 Å². The number of carboxylic acid groups (broad SMARTS) is 1. The standard InChI is InChI=1S/C22H24N6O5S3/c1-10-27(13-5-3-4-6-14(13)36-10)7-11-8-34-20-16(19(30)28(20)17(11)21(31)32)25-18(29)15(26-33-2)12-9-35-22(23)24-12/h9,16,20H,3-8H2,1-2H3,(H3-,23,24,25,29,31,32)/b26-15-/t16-,20-/m1/s1. The number of oxime groups is 1. The summed E-state index contributed by atoms with van der Waals surface area (Å²) in [5, 5.41) is 20.9. The van der Waals surface area contributed by atoms with E-state index in [1.807, 2.05) is 6.92 Å². The Bertz CT molecular complexity index is 1320. The molecule has 2 aromatic heterocycles. The zero-order chi connectivity index (χ0) is 25.6. The lowest BCUT2D eigenvalue weighted by atomic mass is 10.0.